The fourth-order valence-electron chi connectivity index (χ4n) is 4.31. The summed E-state index contributed by atoms with van der Waals surface area (Å²) in [5.74, 6) is 1.22. The highest BCUT2D eigenvalue weighted by molar-refractivity contribution is 6.46. The van der Waals surface area contributed by atoms with E-state index in [1.807, 2.05) is 37.1 Å². The van der Waals surface area contributed by atoms with Crippen LogP contribution in [0.1, 0.15) is 43.2 Å². The minimum atomic E-state index is -1.02. The third kappa shape index (κ3) is 4.60. The Kier molecular flexibility index (Phi) is 6.49. The molecular weight excluding hydrogens is 355 g/mol. The number of nitrogens with two attached hydrogens (primary N) is 1. The van der Waals surface area contributed by atoms with Gasteiger partial charge in [0, 0.05) is 26.6 Å². The van der Waals surface area contributed by atoms with Crippen molar-refractivity contribution in [2.45, 2.75) is 57.4 Å². The number of hydrogen-bond donors (Lipinski definition) is 3. The first-order valence-corrected chi connectivity index (χ1v) is 10.1. The van der Waals surface area contributed by atoms with Gasteiger partial charge in [-0.15, -0.1) is 0 Å². The van der Waals surface area contributed by atoms with Crippen molar-refractivity contribution in [1.82, 2.24) is 10.2 Å². The van der Waals surface area contributed by atoms with Gasteiger partial charge in [0.05, 0.1) is 5.94 Å². The molecule has 7 nitrogen and oxygen atoms in total. The molecule has 1 amide bonds. The number of fused-ring (bicyclic) bond motifs is 1. The molecule has 1 fully saturated rings. The molecule has 1 aliphatic heterocycles. The Hall–Kier alpha value is -2.22. The molecule has 152 valence electrons. The van der Waals surface area contributed by atoms with Crippen LogP contribution < -0.4 is 15.7 Å². The van der Waals surface area contributed by atoms with Gasteiger partial charge in [-0.25, -0.2) is 0 Å². The number of carbonyl (C=O) groups is 1. The summed E-state index contributed by atoms with van der Waals surface area (Å²) in [6, 6.07) is 6.30. The molecule has 0 radical (unpaired) electrons. The lowest BCUT2D eigenvalue weighted by molar-refractivity contribution is -0.122. The summed E-state index contributed by atoms with van der Waals surface area (Å²) in [5, 5.41) is 13.3. The van der Waals surface area contributed by atoms with Crippen molar-refractivity contribution in [3.63, 3.8) is 0 Å². The maximum absolute atomic E-state index is 12.5. The van der Waals surface area contributed by atoms with Crippen LogP contribution in [-0.2, 0) is 11.2 Å². The van der Waals surface area contributed by atoms with Gasteiger partial charge in [-0.05, 0) is 56.1 Å². The van der Waals surface area contributed by atoms with Crippen LogP contribution in [0.4, 0.5) is 0 Å². The van der Waals surface area contributed by atoms with Crippen LogP contribution in [-0.4, -0.2) is 55.0 Å². The molecule has 0 saturated heterocycles. The predicted molar refractivity (Wildman–Crippen MR) is 111 cm³/mol. The molecule has 0 spiro atoms. The van der Waals surface area contributed by atoms with Crippen molar-refractivity contribution in [3.05, 3.63) is 29.3 Å². The minimum Gasteiger partial charge on any atom is -0.534 e. The molecule has 1 aromatic carbocycles. The second-order valence-electron chi connectivity index (χ2n) is 8.02. The van der Waals surface area contributed by atoms with Crippen molar-refractivity contribution in [3.8, 4) is 5.75 Å². The largest absolute Gasteiger partial charge is 0.547 e. The average Bonchev–Trinajstić information content (AvgIpc) is 2.69. The van der Waals surface area contributed by atoms with Gasteiger partial charge in [0.25, 0.3) is 0 Å². The maximum atomic E-state index is 12.5. The fraction of sp³-hybridized carbons (Fsp3) is 0.600. The predicted octanol–water partition coefficient (Wildman–Crippen LogP) is 1.26. The number of nitrogens with one attached hydrogen (secondary N) is 1. The summed E-state index contributed by atoms with van der Waals surface area (Å²) in [5.41, 5.74) is 7.92. The Morgan fingerprint density at radius 2 is 2.11 bits per heavy atom. The number of guanidine groups is 1. The monoisotopic (exact) mass is 386 g/mol. The van der Waals surface area contributed by atoms with Crippen molar-refractivity contribution in [2.24, 2.45) is 16.6 Å². The van der Waals surface area contributed by atoms with E-state index >= 15 is 0 Å². The van der Waals surface area contributed by atoms with E-state index < -0.39 is 13.1 Å². The quantitative estimate of drug-likeness (QED) is 0.411. The van der Waals surface area contributed by atoms with E-state index in [0.29, 0.717) is 30.8 Å². The first-order valence-electron chi connectivity index (χ1n) is 10.1. The topological polar surface area (TPSA) is 100 Å². The van der Waals surface area contributed by atoms with E-state index in [0.717, 1.165) is 42.6 Å². The lowest BCUT2D eigenvalue weighted by Gasteiger charge is -2.35. The molecule has 28 heavy (non-hydrogen) atoms. The number of hydrogen-bond acceptors (Lipinski definition) is 4. The van der Waals surface area contributed by atoms with Crippen molar-refractivity contribution in [2.75, 3.05) is 14.1 Å². The average molecular weight is 386 g/mol. The van der Waals surface area contributed by atoms with E-state index in [2.05, 4.69) is 10.3 Å². The number of benzene rings is 1. The number of rotatable bonds is 4. The maximum Gasteiger partial charge on any atom is 0.547 e. The number of amides is 1. The Bertz CT molecular complexity index is 734. The number of para-hydroxylation sites is 1. The first kappa shape index (κ1) is 20.5. The van der Waals surface area contributed by atoms with E-state index in [1.165, 1.54) is 0 Å². The van der Waals surface area contributed by atoms with Crippen LogP contribution in [0.5, 0.6) is 5.75 Å². The van der Waals surface area contributed by atoms with Crippen molar-refractivity contribution < 1.29 is 14.5 Å². The van der Waals surface area contributed by atoms with E-state index in [9.17, 15) is 9.82 Å². The summed E-state index contributed by atoms with van der Waals surface area (Å²) >= 11 is 0. The summed E-state index contributed by atoms with van der Waals surface area (Å²) < 4.78 is 5.65. The number of aliphatic imine (C=N–C) groups is 1. The summed E-state index contributed by atoms with van der Waals surface area (Å²) in [6.45, 7) is 1.96. The minimum absolute atomic E-state index is 0.0183. The van der Waals surface area contributed by atoms with Gasteiger partial charge in [0.15, 0.2) is 5.96 Å². The molecule has 8 heteroatoms. The van der Waals surface area contributed by atoms with Gasteiger partial charge >= 0.3 is 7.12 Å². The highest BCUT2D eigenvalue weighted by atomic mass is 16.5. The SMILES string of the molecule is CN=C(N)N(C)C1CCC(CC(=O)NC2Cc3cccc(C)c3OB2O)CC1. The van der Waals surface area contributed by atoms with E-state index in [-0.39, 0.29) is 5.91 Å². The lowest BCUT2D eigenvalue weighted by atomic mass is 9.72. The molecule has 1 saturated carbocycles. The Balaban J connectivity index is 1.49. The summed E-state index contributed by atoms with van der Waals surface area (Å²) in [4.78, 5) is 18.6. The first-order chi connectivity index (χ1) is 13.4. The molecule has 1 heterocycles. The normalized spacial score (nSPS) is 24.9. The Morgan fingerprint density at radius 1 is 1.39 bits per heavy atom. The number of aryl methyl sites for hydroxylation is 1. The zero-order valence-electron chi connectivity index (χ0n) is 17.0. The van der Waals surface area contributed by atoms with Crippen LogP contribution in [0.15, 0.2) is 23.2 Å². The van der Waals surface area contributed by atoms with Gasteiger partial charge in [-0.1, -0.05) is 18.2 Å². The second-order valence-corrected chi connectivity index (χ2v) is 8.02. The smallest absolute Gasteiger partial charge is 0.534 e. The molecular formula is C20H31BN4O3. The van der Waals surface area contributed by atoms with Gasteiger partial charge in [0.2, 0.25) is 5.91 Å². The Morgan fingerprint density at radius 3 is 2.79 bits per heavy atom. The van der Waals surface area contributed by atoms with E-state index in [1.54, 1.807) is 7.05 Å². The summed E-state index contributed by atoms with van der Waals surface area (Å²) in [6.07, 6.45) is 5.06. The third-order valence-corrected chi connectivity index (χ3v) is 6.09. The Labute approximate surface area is 167 Å². The molecule has 0 aromatic heterocycles. The van der Waals surface area contributed by atoms with Crippen LogP contribution in [0.25, 0.3) is 0 Å². The van der Waals surface area contributed by atoms with Crippen LogP contribution in [0, 0.1) is 12.8 Å². The van der Waals surface area contributed by atoms with Gasteiger partial charge in [0.1, 0.15) is 5.75 Å². The molecule has 4 N–H and O–H groups in total. The molecule has 1 aliphatic carbocycles. The van der Waals surface area contributed by atoms with E-state index in [4.69, 9.17) is 10.4 Å². The van der Waals surface area contributed by atoms with Gasteiger partial charge in [-0.2, -0.15) is 0 Å². The highest BCUT2D eigenvalue weighted by Gasteiger charge is 2.37. The molecule has 2 aliphatic rings. The molecule has 1 aromatic rings. The fourth-order valence-corrected chi connectivity index (χ4v) is 4.31. The van der Waals surface area contributed by atoms with Gasteiger partial charge < -0.3 is 25.6 Å². The highest BCUT2D eigenvalue weighted by Crippen LogP contribution is 2.31. The van der Waals surface area contributed by atoms with Crippen molar-refractivity contribution >= 4 is 19.0 Å². The zero-order valence-corrected chi connectivity index (χ0v) is 17.0. The second kappa shape index (κ2) is 8.86. The zero-order chi connectivity index (χ0) is 20.3. The van der Waals surface area contributed by atoms with Gasteiger partial charge in [-0.3, -0.25) is 9.79 Å². The van der Waals surface area contributed by atoms with Crippen LogP contribution >= 0.6 is 0 Å². The molecule has 0 bridgehead atoms. The lowest BCUT2D eigenvalue weighted by Crippen LogP contribution is -2.53. The third-order valence-electron chi connectivity index (χ3n) is 6.09. The standard InChI is InChI=1S/C20H31BN4O3/c1-13-5-4-6-15-12-17(21(27)28-19(13)15)24-18(26)11-14-7-9-16(10-8-14)25(3)20(22)23-2/h4-6,14,16-17,27H,7-12H2,1-3H3,(H2,22,23)(H,24,26). The molecule has 1 atom stereocenters. The molecule has 1 unspecified atom stereocenters. The molecule has 3 rings (SSSR count). The number of nitrogens with zero attached hydrogens (tertiary/aromatic N) is 2. The number of carbonyl (C=O) groups excluding carboxylic acids is 1. The summed E-state index contributed by atoms with van der Waals surface area (Å²) in [7, 11) is 2.66. The van der Waals surface area contributed by atoms with Crippen LogP contribution in [0.2, 0.25) is 0 Å². The van der Waals surface area contributed by atoms with Crippen molar-refractivity contribution in [1.29, 1.82) is 0 Å². The van der Waals surface area contributed by atoms with Crippen LogP contribution in [0.3, 0.4) is 0 Å².